The van der Waals surface area contributed by atoms with Crippen LogP contribution in [-0.4, -0.2) is 40.2 Å². The van der Waals surface area contributed by atoms with Gasteiger partial charge in [-0.25, -0.2) is 0 Å². The molecule has 1 saturated carbocycles. The summed E-state index contributed by atoms with van der Waals surface area (Å²) in [5, 5.41) is 0. The van der Waals surface area contributed by atoms with Crippen LogP contribution in [0, 0.1) is 9.72 Å². The molecule has 7 heteroatoms. The number of rotatable bonds is 4. The molecule has 0 unspecified atom stereocenters. The van der Waals surface area contributed by atoms with Gasteiger partial charge in [-0.1, -0.05) is 0 Å². The fourth-order valence-corrected chi connectivity index (χ4v) is 16.9. The van der Waals surface area contributed by atoms with E-state index in [0.717, 1.165) is 5.92 Å². The molecule has 1 aromatic rings. The third kappa shape index (κ3) is 4.94. The van der Waals surface area contributed by atoms with E-state index in [0.29, 0.717) is 6.04 Å². The molecule has 24 heavy (non-hydrogen) atoms. The van der Waals surface area contributed by atoms with E-state index in [-0.39, 0.29) is 0 Å². The molecule has 1 aliphatic heterocycles. The first-order valence-corrected chi connectivity index (χ1v) is 21.2. The Balaban J connectivity index is 1.82. The van der Waals surface area contributed by atoms with Gasteiger partial charge in [0.2, 0.25) is 0 Å². The molecule has 143 valence electrons. The number of nitrogens with one attached hydrogen (secondary N) is 1. The second-order valence-corrected chi connectivity index (χ2v) is 29.4. The van der Waals surface area contributed by atoms with Gasteiger partial charge in [-0.15, -0.1) is 0 Å². The summed E-state index contributed by atoms with van der Waals surface area (Å²) >= 11 is 5.71. The molecule has 0 bridgehead atoms. The number of halogens is 2. The van der Waals surface area contributed by atoms with Crippen LogP contribution in [0.1, 0.15) is 44.9 Å². The number of aryl methyl sites for hydroxylation is 1. The molecule has 1 saturated heterocycles. The van der Waals surface area contributed by atoms with Crippen LogP contribution in [0.25, 0.3) is 0 Å². The van der Waals surface area contributed by atoms with Gasteiger partial charge in [0.05, 0.1) is 0 Å². The van der Waals surface area contributed by atoms with E-state index in [1.165, 1.54) is 68.4 Å². The standard InChI is InChI=1S/C11H18N2.C6H13N2.2BrH.Pt/c1-12-7-8-13(10-12)9-11-5-3-2-4-6-11;1-8-4-2-6(7)3-5-8;;;/h7-8,11H,2-6,9H2,1H3;6-7H,2-5H2,1H3;2*1H;/q;-1;;;+3/p-2. The first-order chi connectivity index (χ1) is 11.5. The van der Waals surface area contributed by atoms with Crippen molar-refractivity contribution in [2.75, 3.05) is 20.1 Å². The number of likely N-dealkylation sites (tertiary alicyclic amines) is 1. The van der Waals surface area contributed by atoms with E-state index in [1.54, 1.807) is 0 Å². The van der Waals surface area contributed by atoms with Gasteiger partial charge in [-0.3, -0.25) is 0 Å². The summed E-state index contributed by atoms with van der Waals surface area (Å²) < 4.78 is 10.2. The zero-order chi connectivity index (χ0) is 17.2. The maximum atomic E-state index is 4.12. The van der Waals surface area contributed by atoms with Crippen molar-refractivity contribution in [2.45, 2.75) is 57.5 Å². The molecular weight excluding hydrogens is 615 g/mol. The number of nitrogens with zero attached hydrogens (tertiary/aromatic N) is 3. The number of imidazole rings is 1. The van der Waals surface area contributed by atoms with Gasteiger partial charge in [0.1, 0.15) is 0 Å². The first kappa shape index (κ1) is 19.5. The van der Waals surface area contributed by atoms with Gasteiger partial charge in [-0.2, -0.15) is 0 Å². The van der Waals surface area contributed by atoms with Crippen LogP contribution in [-0.2, 0) is 25.3 Å². The molecule has 0 aromatic carbocycles. The van der Waals surface area contributed by atoms with Gasteiger partial charge >= 0.3 is 163 Å². The van der Waals surface area contributed by atoms with Crippen molar-refractivity contribution in [3.63, 3.8) is 0 Å². The van der Waals surface area contributed by atoms with Crippen molar-refractivity contribution < 1.29 is 11.7 Å². The van der Waals surface area contributed by atoms with Crippen LogP contribution in [0.15, 0.2) is 12.4 Å². The van der Waals surface area contributed by atoms with Crippen LogP contribution < -0.4 is 3.88 Å². The zero-order valence-corrected chi connectivity index (χ0v) is 20.2. The van der Waals surface area contributed by atoms with Gasteiger partial charge in [0, 0.05) is 0 Å². The molecule has 1 aliphatic carbocycles. The average Bonchev–Trinajstić information content (AvgIpc) is 2.92. The van der Waals surface area contributed by atoms with E-state index < -0.39 is 11.7 Å². The average molecular weight is 646 g/mol. The molecule has 3 rings (SSSR count). The summed E-state index contributed by atoms with van der Waals surface area (Å²) in [5.41, 5.74) is 0. The second-order valence-electron chi connectivity index (χ2n) is 7.34. The van der Waals surface area contributed by atoms with Crippen LogP contribution in [0.5, 0.6) is 0 Å². The van der Waals surface area contributed by atoms with E-state index in [9.17, 15) is 0 Å². The Morgan fingerprint density at radius 2 is 1.71 bits per heavy atom. The van der Waals surface area contributed by atoms with Crippen molar-refractivity contribution in [3.05, 3.63) is 16.2 Å². The quantitative estimate of drug-likeness (QED) is 0.528. The summed E-state index contributed by atoms with van der Waals surface area (Å²) in [7, 11) is 4.41. The van der Waals surface area contributed by atoms with Crippen LogP contribution in [0.3, 0.4) is 0 Å². The molecule has 0 amide bonds. The molecule has 1 aromatic heterocycles. The maximum absolute atomic E-state index is 4.12. The molecule has 2 heterocycles. The van der Waals surface area contributed by atoms with Crippen molar-refractivity contribution >= 4 is 26.6 Å². The number of aromatic nitrogens is 2. The predicted molar refractivity (Wildman–Crippen MR) is 105 cm³/mol. The number of hydrogen-bond donors (Lipinski definition) is 1. The van der Waals surface area contributed by atoms with E-state index in [1.807, 2.05) is 0 Å². The van der Waals surface area contributed by atoms with Crippen molar-refractivity contribution in [3.8, 4) is 0 Å². The number of hydrogen-bond acceptors (Lipinski definition) is 2. The Morgan fingerprint density at radius 3 is 2.38 bits per heavy atom. The summed E-state index contributed by atoms with van der Waals surface area (Å²) in [6.45, 7) is 3.57. The van der Waals surface area contributed by atoms with Gasteiger partial charge in [-0.05, 0) is 0 Å². The summed E-state index contributed by atoms with van der Waals surface area (Å²) in [6, 6.07) is 0.620. The molecule has 0 atom stereocenters. The molecule has 4 nitrogen and oxygen atoms in total. The van der Waals surface area contributed by atoms with Gasteiger partial charge in [0.15, 0.2) is 0 Å². The minimum absolute atomic E-state index is 0.620. The topological polar surface area (TPSA) is 25.1 Å². The second kappa shape index (κ2) is 8.64. The Hall–Kier alpha value is 0.778. The van der Waals surface area contributed by atoms with E-state index >= 15 is 0 Å². The summed E-state index contributed by atoms with van der Waals surface area (Å²) in [5.74, 6) is 0.852. The fraction of sp³-hybridized carbons (Fsp3) is 0.824. The molecule has 1 N–H and O–H groups in total. The zero-order valence-electron chi connectivity index (χ0n) is 14.8. The summed E-state index contributed by atoms with van der Waals surface area (Å²) in [6.07, 6.45) is 14.0. The predicted octanol–water partition coefficient (Wildman–Crippen LogP) is 4.31. The Bertz CT molecular complexity index is 619. The van der Waals surface area contributed by atoms with Crippen molar-refractivity contribution in [1.29, 1.82) is 0 Å². The Labute approximate surface area is 162 Å². The molecular formula is C17H31Br2N4Pt. The van der Waals surface area contributed by atoms with Gasteiger partial charge in [0.25, 0.3) is 0 Å². The first-order valence-electron chi connectivity index (χ1n) is 9.03. The fourth-order valence-electron chi connectivity index (χ4n) is 3.83. The Kier molecular flexibility index (Phi) is 7.04. The third-order valence-electron chi connectivity index (χ3n) is 5.28. The normalized spacial score (nSPS) is 22.8. The summed E-state index contributed by atoms with van der Waals surface area (Å²) in [4.78, 5) is 2.43. The molecule has 2 fully saturated rings. The van der Waals surface area contributed by atoms with Crippen LogP contribution in [0.4, 0.5) is 0 Å². The third-order valence-corrected chi connectivity index (χ3v) is 15.8. The van der Waals surface area contributed by atoms with Crippen molar-refractivity contribution in [1.82, 2.24) is 17.9 Å². The van der Waals surface area contributed by atoms with E-state index in [4.69, 9.17) is 0 Å². The van der Waals surface area contributed by atoms with Crippen LogP contribution in [0.2, 0.25) is 0 Å². The van der Waals surface area contributed by atoms with E-state index in [2.05, 4.69) is 71.0 Å². The minimum atomic E-state index is -2.53. The number of piperidine rings is 1. The Morgan fingerprint density at radius 1 is 1.04 bits per heavy atom. The monoisotopic (exact) mass is 644 g/mol. The van der Waals surface area contributed by atoms with Crippen LogP contribution >= 0.6 is 26.6 Å². The molecule has 0 radical (unpaired) electrons. The van der Waals surface area contributed by atoms with Gasteiger partial charge < -0.3 is 0 Å². The SMILES string of the molecule is CN1CCC([NH][Pt]([Br])([Br])=[c]2n(C)ccn2CC2CCCCC2)CC1. The molecule has 0 spiro atoms. The van der Waals surface area contributed by atoms with Crippen molar-refractivity contribution in [2.24, 2.45) is 13.0 Å². The molecule has 2 aliphatic rings.